The van der Waals surface area contributed by atoms with Gasteiger partial charge in [-0.3, -0.25) is 9.48 Å². The minimum absolute atomic E-state index is 0.0242. The Labute approximate surface area is 255 Å². The molecule has 12 nitrogen and oxygen atoms in total. The van der Waals surface area contributed by atoms with Crippen molar-refractivity contribution in [3.05, 3.63) is 89.7 Å². The van der Waals surface area contributed by atoms with Gasteiger partial charge in [0, 0.05) is 67.5 Å². The number of benzene rings is 2. The highest BCUT2D eigenvalue weighted by atomic mass is 16.7. The van der Waals surface area contributed by atoms with Crippen LogP contribution in [0.2, 0.25) is 0 Å². The summed E-state index contributed by atoms with van der Waals surface area (Å²) in [5.41, 5.74) is 4.36. The van der Waals surface area contributed by atoms with Gasteiger partial charge in [0.25, 0.3) is 5.91 Å². The summed E-state index contributed by atoms with van der Waals surface area (Å²) >= 11 is 0. The summed E-state index contributed by atoms with van der Waals surface area (Å²) in [4.78, 5) is 41.8. The van der Waals surface area contributed by atoms with Crippen LogP contribution in [0.4, 0.5) is 17.3 Å². The van der Waals surface area contributed by atoms with Crippen LogP contribution < -0.4 is 10.2 Å². The van der Waals surface area contributed by atoms with Crippen molar-refractivity contribution < 1.29 is 14.4 Å². The minimum Gasteiger partial charge on any atom is -0.378 e. The average Bonchev–Trinajstić information content (AvgIpc) is 3.58. The fourth-order valence-corrected chi connectivity index (χ4v) is 5.98. The van der Waals surface area contributed by atoms with E-state index in [1.165, 1.54) is 5.69 Å². The zero-order valence-electron chi connectivity index (χ0n) is 24.5. The molecule has 0 radical (unpaired) electrons. The molecule has 0 spiro atoms. The van der Waals surface area contributed by atoms with E-state index in [9.17, 15) is 9.70 Å². The highest BCUT2D eigenvalue weighted by Crippen LogP contribution is 2.33. The van der Waals surface area contributed by atoms with Gasteiger partial charge in [0.05, 0.1) is 31.1 Å². The summed E-state index contributed by atoms with van der Waals surface area (Å²) in [6.45, 7) is 4.78. The molecule has 2 aromatic heterocycles. The Morgan fingerprint density at radius 2 is 1.80 bits per heavy atom. The largest absolute Gasteiger partial charge is 0.378 e. The Kier molecular flexibility index (Phi) is 9.36. The molecular weight excluding hydrogens is 560 g/mol. The van der Waals surface area contributed by atoms with Gasteiger partial charge in [0.15, 0.2) is 5.34 Å². The second-order valence-corrected chi connectivity index (χ2v) is 11.0. The molecule has 1 unspecified atom stereocenters. The smallest absolute Gasteiger partial charge is 0.253 e. The maximum absolute atomic E-state index is 13.0. The molecule has 2 fully saturated rings. The normalized spacial score (nSPS) is 16.4. The lowest BCUT2D eigenvalue weighted by Gasteiger charge is -2.36. The third kappa shape index (κ3) is 7.03. The van der Waals surface area contributed by atoms with E-state index in [-0.39, 0.29) is 24.5 Å². The molecule has 1 N–H and O–H groups in total. The molecule has 2 aliphatic heterocycles. The lowest BCUT2D eigenvalue weighted by Crippen LogP contribution is -2.40. The van der Waals surface area contributed by atoms with E-state index in [4.69, 9.17) is 19.7 Å². The summed E-state index contributed by atoms with van der Waals surface area (Å²) < 4.78 is 7.39. The number of morpholine rings is 1. The van der Waals surface area contributed by atoms with Gasteiger partial charge < -0.3 is 24.7 Å². The molecule has 12 heteroatoms. The maximum atomic E-state index is 13.0. The number of likely N-dealkylation sites (tertiary alicyclic amines) is 1. The molecular formula is C32H36N8O4. The SMILES string of the molecule is O=NOCCC(C1CCN(C(=O)c2ccccc2)CC1)n1cc(-c2ccnc(Nc3ccc(N4CCOCC4)cc3)n2)cn1. The van der Waals surface area contributed by atoms with Crippen LogP contribution in [0.5, 0.6) is 0 Å². The number of nitrogens with zero attached hydrogens (tertiary/aromatic N) is 7. The molecule has 2 saturated heterocycles. The van der Waals surface area contributed by atoms with Crippen LogP contribution in [-0.4, -0.2) is 76.6 Å². The lowest BCUT2D eigenvalue weighted by molar-refractivity contribution is 0.0616. The van der Waals surface area contributed by atoms with E-state index in [0.29, 0.717) is 31.0 Å². The van der Waals surface area contributed by atoms with Crippen molar-refractivity contribution >= 4 is 23.2 Å². The number of piperidine rings is 1. The van der Waals surface area contributed by atoms with E-state index in [1.807, 2.05) is 64.3 Å². The Bertz CT molecular complexity index is 1520. The van der Waals surface area contributed by atoms with Crippen LogP contribution in [0, 0.1) is 10.8 Å². The van der Waals surface area contributed by atoms with Crippen LogP contribution in [0.15, 0.2) is 84.6 Å². The third-order valence-electron chi connectivity index (χ3n) is 8.34. The summed E-state index contributed by atoms with van der Waals surface area (Å²) in [6, 6.07) is 19.4. The number of aromatic nitrogens is 4. The molecule has 1 atom stereocenters. The molecule has 0 saturated carbocycles. The molecule has 0 bridgehead atoms. The summed E-state index contributed by atoms with van der Waals surface area (Å²) in [5.74, 6) is 0.796. The predicted octanol–water partition coefficient (Wildman–Crippen LogP) is 5.10. The Balaban J connectivity index is 1.12. The van der Waals surface area contributed by atoms with Crippen LogP contribution >= 0.6 is 0 Å². The topological polar surface area (TPSA) is 127 Å². The van der Waals surface area contributed by atoms with Gasteiger partial charge in [-0.05, 0) is 61.2 Å². The van der Waals surface area contributed by atoms with Gasteiger partial charge in [-0.1, -0.05) is 18.2 Å². The molecule has 2 aliphatic rings. The second kappa shape index (κ2) is 14.1. The number of amides is 1. The zero-order chi connectivity index (χ0) is 30.1. The quantitative estimate of drug-likeness (QED) is 0.143. The second-order valence-electron chi connectivity index (χ2n) is 11.0. The first-order valence-electron chi connectivity index (χ1n) is 15.0. The Hall–Kier alpha value is -4.84. The molecule has 4 aromatic rings. The van der Waals surface area contributed by atoms with Gasteiger partial charge >= 0.3 is 0 Å². The first-order chi connectivity index (χ1) is 21.7. The van der Waals surface area contributed by atoms with Gasteiger partial charge in [-0.15, -0.1) is 4.91 Å². The van der Waals surface area contributed by atoms with Crippen molar-refractivity contribution in [1.82, 2.24) is 24.6 Å². The fraction of sp³-hybridized carbons (Fsp3) is 0.375. The van der Waals surface area contributed by atoms with Gasteiger partial charge in [0.1, 0.15) is 6.61 Å². The third-order valence-corrected chi connectivity index (χ3v) is 8.34. The molecule has 44 heavy (non-hydrogen) atoms. The van der Waals surface area contributed by atoms with E-state index in [1.54, 1.807) is 12.4 Å². The van der Waals surface area contributed by atoms with Gasteiger partial charge in [-0.25, -0.2) is 9.97 Å². The molecule has 1 amide bonds. The molecule has 228 valence electrons. The van der Waals surface area contributed by atoms with Crippen molar-refractivity contribution in [2.24, 2.45) is 11.3 Å². The van der Waals surface area contributed by atoms with Crippen molar-refractivity contribution in [2.45, 2.75) is 25.3 Å². The number of nitrogens with one attached hydrogen (secondary N) is 1. The standard InChI is InChI=1S/C32H36N8O4/c41-31(25-4-2-1-3-5-25)39-15-11-24(12-16-39)30(13-19-44-37-42)40-23-26(22-34-40)29-10-14-33-32(36-29)35-27-6-8-28(9-7-27)38-17-20-43-21-18-38/h1-10,14,22-24,30H,11-13,15-21H2,(H,33,35,36). The first-order valence-corrected chi connectivity index (χ1v) is 15.0. The number of ether oxygens (including phenoxy) is 1. The number of carbonyl (C=O) groups excluding carboxylic acids is 1. The Morgan fingerprint density at radius 1 is 1.02 bits per heavy atom. The molecule has 4 heterocycles. The van der Waals surface area contributed by atoms with E-state index in [0.717, 1.165) is 56.1 Å². The average molecular weight is 597 g/mol. The van der Waals surface area contributed by atoms with Crippen LogP contribution in [0.25, 0.3) is 11.3 Å². The van der Waals surface area contributed by atoms with E-state index >= 15 is 0 Å². The monoisotopic (exact) mass is 596 g/mol. The number of rotatable bonds is 11. The highest BCUT2D eigenvalue weighted by molar-refractivity contribution is 5.94. The first kappa shape index (κ1) is 29.2. The zero-order valence-corrected chi connectivity index (χ0v) is 24.5. The highest BCUT2D eigenvalue weighted by Gasteiger charge is 2.30. The fourth-order valence-electron chi connectivity index (χ4n) is 5.98. The Morgan fingerprint density at radius 3 is 2.55 bits per heavy atom. The number of anilines is 3. The molecule has 2 aromatic carbocycles. The van der Waals surface area contributed by atoms with Crippen LogP contribution in [0.1, 0.15) is 35.7 Å². The van der Waals surface area contributed by atoms with Crippen LogP contribution in [0.3, 0.4) is 0 Å². The summed E-state index contributed by atoms with van der Waals surface area (Å²) in [7, 11) is 0. The van der Waals surface area contributed by atoms with Crippen LogP contribution in [-0.2, 0) is 9.57 Å². The summed E-state index contributed by atoms with van der Waals surface area (Å²) in [5, 5.41) is 10.6. The number of hydrogen-bond acceptors (Lipinski definition) is 10. The van der Waals surface area contributed by atoms with E-state index in [2.05, 4.69) is 32.7 Å². The van der Waals surface area contributed by atoms with Gasteiger partial charge in [0.2, 0.25) is 5.95 Å². The number of carbonyl (C=O) groups is 1. The van der Waals surface area contributed by atoms with Gasteiger partial charge in [-0.2, -0.15) is 5.10 Å². The summed E-state index contributed by atoms with van der Waals surface area (Å²) in [6.07, 6.45) is 7.70. The van der Waals surface area contributed by atoms with Crippen molar-refractivity contribution in [1.29, 1.82) is 0 Å². The maximum Gasteiger partial charge on any atom is 0.253 e. The van der Waals surface area contributed by atoms with Crippen molar-refractivity contribution in [3.8, 4) is 11.3 Å². The predicted molar refractivity (Wildman–Crippen MR) is 166 cm³/mol. The minimum atomic E-state index is -0.0242. The lowest BCUT2D eigenvalue weighted by atomic mass is 9.87. The molecule has 0 aliphatic carbocycles. The van der Waals surface area contributed by atoms with Crippen molar-refractivity contribution in [2.75, 3.05) is 56.2 Å². The van der Waals surface area contributed by atoms with E-state index < -0.39 is 0 Å². The number of hydrogen-bond donors (Lipinski definition) is 1. The van der Waals surface area contributed by atoms with Crippen molar-refractivity contribution in [3.63, 3.8) is 0 Å². The molecule has 6 rings (SSSR count).